The van der Waals surface area contributed by atoms with Gasteiger partial charge in [-0.2, -0.15) is 0 Å². The highest BCUT2D eigenvalue weighted by Crippen LogP contribution is 2.33. The Bertz CT molecular complexity index is 984. The Morgan fingerprint density at radius 2 is 1.97 bits per heavy atom. The second-order valence-corrected chi connectivity index (χ2v) is 7.04. The van der Waals surface area contributed by atoms with E-state index >= 15 is 0 Å². The summed E-state index contributed by atoms with van der Waals surface area (Å²) >= 11 is 0. The molecule has 0 saturated carbocycles. The summed E-state index contributed by atoms with van der Waals surface area (Å²) in [6.45, 7) is 7.59. The lowest BCUT2D eigenvalue weighted by molar-refractivity contribution is -0.144. The average molecular weight is 392 g/mol. The highest BCUT2D eigenvalue weighted by atomic mass is 16.7. The van der Waals surface area contributed by atoms with E-state index in [1.165, 1.54) is 30.4 Å². The van der Waals surface area contributed by atoms with Crippen molar-refractivity contribution in [3.05, 3.63) is 66.2 Å². The summed E-state index contributed by atoms with van der Waals surface area (Å²) < 4.78 is 16.4. The summed E-state index contributed by atoms with van der Waals surface area (Å²) in [7, 11) is 0. The Kier molecular flexibility index (Phi) is 7.12. The Balaban J connectivity index is 1.78. The van der Waals surface area contributed by atoms with Crippen LogP contribution < -0.4 is 4.74 Å². The van der Waals surface area contributed by atoms with E-state index in [1.54, 1.807) is 0 Å². The highest BCUT2D eigenvalue weighted by molar-refractivity contribution is 5.84. The van der Waals surface area contributed by atoms with Gasteiger partial charge in [0.25, 0.3) is 0 Å². The third-order valence-corrected chi connectivity index (χ3v) is 4.97. The molecular weight excluding hydrogens is 364 g/mol. The van der Waals surface area contributed by atoms with Crippen molar-refractivity contribution in [1.82, 2.24) is 0 Å². The molecule has 3 aromatic rings. The number of carbonyl (C=O) groups is 1. The normalized spacial score (nSPS) is 10.8. The number of fused-ring (bicyclic) bond motifs is 1. The molecule has 0 N–H and O–H groups in total. The smallest absolute Gasteiger partial charge is 0.333 e. The number of hydrogen-bond acceptors (Lipinski definition) is 4. The second kappa shape index (κ2) is 9.97. The zero-order valence-corrected chi connectivity index (χ0v) is 17.2. The van der Waals surface area contributed by atoms with Gasteiger partial charge in [-0.25, -0.2) is 4.79 Å². The first-order valence-corrected chi connectivity index (χ1v) is 10.2. The van der Waals surface area contributed by atoms with Crippen molar-refractivity contribution in [2.45, 2.75) is 46.0 Å². The van der Waals surface area contributed by atoms with Gasteiger partial charge >= 0.3 is 5.97 Å². The van der Waals surface area contributed by atoms with Gasteiger partial charge in [-0.05, 0) is 48.6 Å². The number of furan rings is 1. The van der Waals surface area contributed by atoms with Crippen LogP contribution >= 0.6 is 0 Å². The molecule has 29 heavy (non-hydrogen) atoms. The van der Waals surface area contributed by atoms with Crippen LogP contribution in [0.3, 0.4) is 0 Å². The zero-order valence-electron chi connectivity index (χ0n) is 17.2. The molecule has 3 rings (SSSR count). The van der Waals surface area contributed by atoms with Gasteiger partial charge in [-0.15, -0.1) is 0 Å². The van der Waals surface area contributed by atoms with Crippen LogP contribution in [-0.4, -0.2) is 12.8 Å². The van der Waals surface area contributed by atoms with Gasteiger partial charge in [-0.3, -0.25) is 0 Å². The molecule has 0 bridgehead atoms. The predicted molar refractivity (Wildman–Crippen MR) is 116 cm³/mol. The second-order valence-electron chi connectivity index (χ2n) is 7.04. The van der Waals surface area contributed by atoms with Crippen molar-refractivity contribution in [3.63, 3.8) is 0 Å². The summed E-state index contributed by atoms with van der Waals surface area (Å²) in [4.78, 5) is 11.1. The van der Waals surface area contributed by atoms with E-state index in [0.29, 0.717) is 5.75 Å². The maximum absolute atomic E-state index is 11.1. The monoisotopic (exact) mass is 392 g/mol. The van der Waals surface area contributed by atoms with E-state index < -0.39 is 5.97 Å². The summed E-state index contributed by atoms with van der Waals surface area (Å²) in [5, 5.41) is 1.00. The van der Waals surface area contributed by atoms with Crippen LogP contribution in [0.1, 0.15) is 44.2 Å². The number of aryl methyl sites for hydroxylation is 2. The summed E-state index contributed by atoms with van der Waals surface area (Å²) in [5.74, 6) is 0.918. The number of rotatable bonds is 10. The van der Waals surface area contributed by atoms with Crippen LogP contribution in [0, 0.1) is 0 Å². The number of carbonyl (C=O) groups excluding carboxylic acids is 1. The van der Waals surface area contributed by atoms with Crippen LogP contribution in [0.15, 0.2) is 59.5 Å². The van der Waals surface area contributed by atoms with Crippen LogP contribution in [0.5, 0.6) is 5.75 Å². The SMILES string of the molecule is C=CC(=O)OCOc1ccc2cc(-c3ccc(CCCCC)cc3CC)oc2c1. The molecule has 152 valence electrons. The molecule has 4 nitrogen and oxygen atoms in total. The molecule has 0 spiro atoms. The average Bonchev–Trinajstić information content (AvgIpc) is 3.16. The molecule has 2 aromatic carbocycles. The van der Waals surface area contributed by atoms with Crippen LogP contribution in [0.25, 0.3) is 22.3 Å². The lowest BCUT2D eigenvalue weighted by Crippen LogP contribution is -2.07. The lowest BCUT2D eigenvalue weighted by Gasteiger charge is -2.09. The molecule has 0 aliphatic heterocycles. The largest absolute Gasteiger partial charge is 0.457 e. The van der Waals surface area contributed by atoms with Gasteiger partial charge in [0, 0.05) is 23.1 Å². The molecule has 0 atom stereocenters. The minimum absolute atomic E-state index is 0.163. The van der Waals surface area contributed by atoms with E-state index in [-0.39, 0.29) is 6.79 Å². The standard InChI is InChI=1S/C25H28O4/c1-4-7-8-9-18-10-13-22(19(5-2)14-18)24-15-20-11-12-21(16-23(20)29-24)27-17-28-25(26)6-3/h6,10-16H,3-5,7-9,17H2,1-2H3. The number of esters is 1. The van der Waals surface area contributed by atoms with Crippen molar-refractivity contribution >= 4 is 16.9 Å². The van der Waals surface area contributed by atoms with Gasteiger partial charge in [0.15, 0.2) is 0 Å². The van der Waals surface area contributed by atoms with E-state index in [9.17, 15) is 4.79 Å². The minimum atomic E-state index is -0.517. The quantitative estimate of drug-likeness (QED) is 0.172. The van der Waals surface area contributed by atoms with E-state index in [0.717, 1.165) is 41.2 Å². The van der Waals surface area contributed by atoms with Crippen LogP contribution in [0.2, 0.25) is 0 Å². The zero-order chi connectivity index (χ0) is 20.6. The third kappa shape index (κ3) is 5.29. The maximum atomic E-state index is 11.1. The van der Waals surface area contributed by atoms with Crippen molar-refractivity contribution in [2.75, 3.05) is 6.79 Å². The fraction of sp³-hybridized carbons (Fsp3) is 0.320. The molecule has 0 aliphatic rings. The molecule has 1 aromatic heterocycles. The van der Waals surface area contributed by atoms with Gasteiger partial charge in [0.05, 0.1) is 0 Å². The fourth-order valence-electron chi connectivity index (χ4n) is 3.36. The predicted octanol–water partition coefficient (Wildman–Crippen LogP) is 6.46. The number of ether oxygens (including phenoxy) is 2. The van der Waals surface area contributed by atoms with Gasteiger partial charge in [-0.1, -0.05) is 51.5 Å². The molecule has 4 heteroatoms. The fourth-order valence-corrected chi connectivity index (χ4v) is 3.36. The molecule has 0 saturated heterocycles. The van der Waals surface area contributed by atoms with Crippen molar-refractivity contribution < 1.29 is 18.7 Å². The molecular formula is C25H28O4. The summed E-state index contributed by atoms with van der Waals surface area (Å²) in [6.07, 6.45) is 6.92. The van der Waals surface area contributed by atoms with E-state index in [4.69, 9.17) is 13.9 Å². The molecule has 0 radical (unpaired) electrons. The first kappa shape index (κ1) is 20.7. The number of hydrogen-bond donors (Lipinski definition) is 0. The number of benzene rings is 2. The van der Waals surface area contributed by atoms with Crippen molar-refractivity contribution in [2.24, 2.45) is 0 Å². The van der Waals surface area contributed by atoms with Crippen LogP contribution in [-0.2, 0) is 22.4 Å². The van der Waals surface area contributed by atoms with E-state index in [1.807, 2.05) is 18.2 Å². The molecule has 0 aliphatic carbocycles. The highest BCUT2D eigenvalue weighted by Gasteiger charge is 2.12. The minimum Gasteiger partial charge on any atom is -0.457 e. The lowest BCUT2D eigenvalue weighted by atomic mass is 9.97. The molecule has 1 heterocycles. The third-order valence-electron chi connectivity index (χ3n) is 4.97. The first-order chi connectivity index (χ1) is 14.1. The molecule has 0 unspecified atom stereocenters. The Morgan fingerprint density at radius 3 is 2.72 bits per heavy atom. The van der Waals surface area contributed by atoms with Gasteiger partial charge in [0.1, 0.15) is 17.1 Å². The molecule has 0 amide bonds. The Labute approximate surface area is 172 Å². The van der Waals surface area contributed by atoms with Crippen LogP contribution in [0.4, 0.5) is 0 Å². The van der Waals surface area contributed by atoms with E-state index in [2.05, 4.69) is 44.7 Å². The molecule has 0 fully saturated rings. The maximum Gasteiger partial charge on any atom is 0.333 e. The summed E-state index contributed by atoms with van der Waals surface area (Å²) in [5.41, 5.74) is 4.55. The topological polar surface area (TPSA) is 48.7 Å². The van der Waals surface area contributed by atoms with Crippen molar-refractivity contribution in [3.8, 4) is 17.1 Å². The van der Waals surface area contributed by atoms with Crippen molar-refractivity contribution in [1.29, 1.82) is 0 Å². The van der Waals surface area contributed by atoms with Gasteiger partial charge < -0.3 is 13.9 Å². The number of unbranched alkanes of at least 4 members (excludes halogenated alkanes) is 2. The van der Waals surface area contributed by atoms with Gasteiger partial charge in [0.2, 0.25) is 6.79 Å². The Hall–Kier alpha value is -3.01. The summed E-state index contributed by atoms with van der Waals surface area (Å²) in [6, 6.07) is 14.3. The first-order valence-electron chi connectivity index (χ1n) is 10.2. The Morgan fingerprint density at radius 1 is 1.10 bits per heavy atom.